The zero-order chi connectivity index (χ0) is 13.1. The van der Waals surface area contributed by atoms with E-state index in [-0.39, 0.29) is 11.9 Å². The fourth-order valence-corrected chi connectivity index (χ4v) is 2.69. The molecule has 1 heterocycles. The monoisotopic (exact) mass is 266 g/mol. The highest BCUT2D eigenvalue weighted by Crippen LogP contribution is 2.27. The molecule has 3 atom stereocenters. The van der Waals surface area contributed by atoms with Crippen molar-refractivity contribution in [2.45, 2.75) is 30.7 Å². The quantitative estimate of drug-likeness (QED) is 0.832. The summed E-state index contributed by atoms with van der Waals surface area (Å²) in [5.74, 6) is 0.319. The zero-order valence-corrected chi connectivity index (χ0v) is 11.3. The number of nitrogens with zero attached hydrogens (tertiary/aromatic N) is 1. The van der Waals surface area contributed by atoms with Crippen LogP contribution in [0, 0.1) is 0 Å². The van der Waals surface area contributed by atoms with Crippen LogP contribution in [0.4, 0.5) is 0 Å². The molecule has 1 fully saturated rings. The van der Waals surface area contributed by atoms with Gasteiger partial charge in [-0.05, 0) is 18.9 Å². The first kappa shape index (κ1) is 13.4. The van der Waals surface area contributed by atoms with Crippen LogP contribution in [0.25, 0.3) is 0 Å². The Bertz CT molecular complexity index is 408. The Kier molecular flexibility index (Phi) is 4.25. The van der Waals surface area contributed by atoms with Crippen molar-refractivity contribution < 1.29 is 4.79 Å². The SMILES string of the molecule is CC(Cl)C(=O)N1CCC(c2ccccc2)C(N)C1. The molecule has 18 heavy (non-hydrogen) atoms. The average Bonchev–Trinajstić information content (AvgIpc) is 2.38. The molecule has 3 unspecified atom stereocenters. The lowest BCUT2D eigenvalue weighted by atomic mass is 9.86. The van der Waals surface area contributed by atoms with Crippen LogP contribution in [0.2, 0.25) is 0 Å². The Hall–Kier alpha value is -1.06. The molecule has 1 aromatic rings. The highest BCUT2D eigenvalue weighted by molar-refractivity contribution is 6.30. The van der Waals surface area contributed by atoms with Crippen molar-refractivity contribution in [1.29, 1.82) is 0 Å². The largest absolute Gasteiger partial charge is 0.340 e. The standard InChI is InChI=1S/C14H19ClN2O/c1-10(15)14(18)17-8-7-12(13(16)9-17)11-5-3-2-4-6-11/h2-6,10,12-13H,7-9,16H2,1H3. The van der Waals surface area contributed by atoms with Gasteiger partial charge < -0.3 is 10.6 Å². The number of carbonyl (C=O) groups is 1. The summed E-state index contributed by atoms with van der Waals surface area (Å²) in [4.78, 5) is 13.6. The van der Waals surface area contributed by atoms with Crippen molar-refractivity contribution >= 4 is 17.5 Å². The van der Waals surface area contributed by atoms with Crippen molar-refractivity contribution in [3.63, 3.8) is 0 Å². The summed E-state index contributed by atoms with van der Waals surface area (Å²) in [6.07, 6.45) is 0.903. The third-order valence-corrected chi connectivity index (χ3v) is 3.72. The van der Waals surface area contributed by atoms with E-state index < -0.39 is 5.38 Å². The lowest BCUT2D eigenvalue weighted by molar-refractivity contribution is -0.131. The van der Waals surface area contributed by atoms with Gasteiger partial charge in [0, 0.05) is 25.0 Å². The van der Waals surface area contributed by atoms with Gasteiger partial charge in [-0.25, -0.2) is 0 Å². The normalized spacial score (nSPS) is 25.8. The first-order chi connectivity index (χ1) is 8.59. The van der Waals surface area contributed by atoms with E-state index in [1.807, 2.05) is 18.2 Å². The molecule has 1 aliphatic heterocycles. The molecule has 0 aliphatic carbocycles. The number of benzene rings is 1. The maximum Gasteiger partial charge on any atom is 0.240 e. The molecule has 98 valence electrons. The second kappa shape index (κ2) is 5.72. The fourth-order valence-electron chi connectivity index (χ4n) is 2.55. The van der Waals surface area contributed by atoms with Gasteiger partial charge in [-0.1, -0.05) is 30.3 Å². The Morgan fingerprint density at radius 3 is 2.67 bits per heavy atom. The van der Waals surface area contributed by atoms with E-state index in [1.165, 1.54) is 5.56 Å². The van der Waals surface area contributed by atoms with E-state index in [0.29, 0.717) is 12.5 Å². The summed E-state index contributed by atoms with van der Waals surface area (Å²) in [5.41, 5.74) is 7.46. The number of hydrogen-bond acceptors (Lipinski definition) is 2. The molecule has 1 saturated heterocycles. The summed E-state index contributed by atoms with van der Waals surface area (Å²) < 4.78 is 0. The second-order valence-corrected chi connectivity index (χ2v) is 5.52. The topological polar surface area (TPSA) is 46.3 Å². The molecule has 0 spiro atoms. The van der Waals surface area contributed by atoms with E-state index in [0.717, 1.165) is 13.0 Å². The number of amides is 1. The van der Waals surface area contributed by atoms with E-state index in [4.69, 9.17) is 17.3 Å². The highest BCUT2D eigenvalue weighted by Gasteiger charge is 2.31. The Morgan fingerprint density at radius 2 is 2.11 bits per heavy atom. The van der Waals surface area contributed by atoms with Gasteiger partial charge in [0.25, 0.3) is 0 Å². The number of carbonyl (C=O) groups excluding carboxylic acids is 1. The molecule has 0 aromatic heterocycles. The van der Waals surface area contributed by atoms with Crippen LogP contribution in [-0.2, 0) is 4.79 Å². The van der Waals surface area contributed by atoms with Gasteiger partial charge >= 0.3 is 0 Å². The summed E-state index contributed by atoms with van der Waals surface area (Å²) >= 11 is 5.83. The van der Waals surface area contributed by atoms with Crippen LogP contribution < -0.4 is 5.73 Å². The van der Waals surface area contributed by atoms with Crippen LogP contribution in [-0.4, -0.2) is 35.3 Å². The van der Waals surface area contributed by atoms with Crippen LogP contribution in [0.1, 0.15) is 24.8 Å². The summed E-state index contributed by atoms with van der Waals surface area (Å²) in [6, 6.07) is 10.3. The zero-order valence-electron chi connectivity index (χ0n) is 10.6. The predicted octanol–water partition coefficient (Wildman–Crippen LogP) is 1.96. The summed E-state index contributed by atoms with van der Waals surface area (Å²) in [7, 11) is 0. The average molecular weight is 267 g/mol. The molecule has 2 rings (SSSR count). The number of piperidine rings is 1. The molecule has 3 nitrogen and oxygen atoms in total. The maximum absolute atomic E-state index is 11.8. The van der Waals surface area contributed by atoms with E-state index >= 15 is 0 Å². The molecular formula is C14H19ClN2O. The lowest BCUT2D eigenvalue weighted by Gasteiger charge is -2.37. The van der Waals surface area contributed by atoms with Crippen LogP contribution in [0.15, 0.2) is 30.3 Å². The molecule has 1 aliphatic rings. The molecule has 1 aromatic carbocycles. The van der Waals surface area contributed by atoms with Gasteiger partial charge in [0.1, 0.15) is 5.38 Å². The van der Waals surface area contributed by atoms with Gasteiger partial charge in [-0.15, -0.1) is 11.6 Å². The van der Waals surface area contributed by atoms with Gasteiger partial charge in [0.2, 0.25) is 5.91 Å². The molecule has 0 saturated carbocycles. The minimum absolute atomic E-state index is 0.0134. The predicted molar refractivity (Wildman–Crippen MR) is 73.7 cm³/mol. The molecule has 0 radical (unpaired) electrons. The third-order valence-electron chi connectivity index (χ3n) is 3.54. The van der Waals surface area contributed by atoms with Crippen LogP contribution in [0.3, 0.4) is 0 Å². The smallest absolute Gasteiger partial charge is 0.240 e. The van der Waals surface area contributed by atoms with E-state index in [1.54, 1.807) is 11.8 Å². The summed E-state index contributed by atoms with van der Waals surface area (Å²) in [5, 5.41) is -0.467. The Morgan fingerprint density at radius 1 is 1.44 bits per heavy atom. The first-order valence-electron chi connectivity index (χ1n) is 6.33. The van der Waals surface area contributed by atoms with Crippen molar-refractivity contribution in [2.24, 2.45) is 5.73 Å². The lowest BCUT2D eigenvalue weighted by Crippen LogP contribution is -2.51. The number of nitrogens with two attached hydrogens (primary N) is 1. The number of halogens is 1. The third kappa shape index (κ3) is 2.85. The summed E-state index contributed by atoms with van der Waals surface area (Å²) in [6.45, 7) is 3.04. The first-order valence-corrected chi connectivity index (χ1v) is 6.76. The van der Waals surface area contributed by atoms with Gasteiger partial charge in [-0.2, -0.15) is 0 Å². The number of alkyl halides is 1. The van der Waals surface area contributed by atoms with Gasteiger partial charge in [-0.3, -0.25) is 4.79 Å². The van der Waals surface area contributed by atoms with Crippen molar-refractivity contribution in [3.8, 4) is 0 Å². The number of rotatable bonds is 2. The van der Waals surface area contributed by atoms with Crippen LogP contribution >= 0.6 is 11.6 Å². The molecule has 1 amide bonds. The van der Waals surface area contributed by atoms with E-state index in [2.05, 4.69) is 12.1 Å². The Labute approximate surface area is 113 Å². The molecule has 4 heteroatoms. The number of likely N-dealkylation sites (tertiary alicyclic amines) is 1. The minimum Gasteiger partial charge on any atom is -0.340 e. The Balaban J connectivity index is 2.03. The maximum atomic E-state index is 11.8. The second-order valence-electron chi connectivity index (χ2n) is 4.87. The van der Waals surface area contributed by atoms with Crippen molar-refractivity contribution in [1.82, 2.24) is 4.90 Å². The van der Waals surface area contributed by atoms with Crippen LogP contribution in [0.5, 0.6) is 0 Å². The fraction of sp³-hybridized carbons (Fsp3) is 0.500. The van der Waals surface area contributed by atoms with Crippen molar-refractivity contribution in [2.75, 3.05) is 13.1 Å². The van der Waals surface area contributed by atoms with Gasteiger partial charge in [0.15, 0.2) is 0 Å². The highest BCUT2D eigenvalue weighted by atomic mass is 35.5. The molecule has 0 bridgehead atoms. The van der Waals surface area contributed by atoms with Gasteiger partial charge in [0.05, 0.1) is 0 Å². The van der Waals surface area contributed by atoms with Crippen molar-refractivity contribution in [3.05, 3.63) is 35.9 Å². The molecular weight excluding hydrogens is 248 g/mol. The number of hydrogen-bond donors (Lipinski definition) is 1. The van der Waals surface area contributed by atoms with E-state index in [9.17, 15) is 4.79 Å². The minimum atomic E-state index is -0.467. The molecule has 2 N–H and O–H groups in total.